The number of nitrogens with one attached hydrogen (secondary N) is 2. The summed E-state index contributed by atoms with van der Waals surface area (Å²) in [4.78, 5) is 1.98. The zero-order chi connectivity index (χ0) is 19.3. The van der Waals surface area contributed by atoms with Crippen molar-refractivity contribution < 1.29 is 8.42 Å². The molecule has 0 saturated carbocycles. The number of nitrogen functional groups attached to an aromatic ring is 1. The molecule has 1 heterocycles. The molecule has 0 aromatic heterocycles. The molecule has 0 bridgehead atoms. The lowest BCUT2D eigenvalue weighted by Crippen LogP contribution is -2.46. The fourth-order valence-electron chi connectivity index (χ4n) is 3.16. The Bertz CT molecular complexity index is 903. The Kier molecular flexibility index (Phi) is 6.05. The van der Waals surface area contributed by atoms with Gasteiger partial charge in [-0.3, -0.25) is 10.3 Å². The molecule has 0 aliphatic carbocycles. The van der Waals surface area contributed by atoms with Crippen molar-refractivity contribution >= 4 is 21.7 Å². The predicted molar refractivity (Wildman–Crippen MR) is 109 cm³/mol. The molecule has 27 heavy (non-hydrogen) atoms. The number of piperazine rings is 1. The summed E-state index contributed by atoms with van der Waals surface area (Å²) < 4.78 is 26.4. The van der Waals surface area contributed by atoms with Crippen LogP contribution in [0, 0.1) is 5.41 Å². The molecule has 1 saturated heterocycles. The van der Waals surface area contributed by atoms with E-state index in [1.807, 2.05) is 35.2 Å². The highest BCUT2D eigenvalue weighted by Gasteiger charge is 2.32. The van der Waals surface area contributed by atoms with E-state index in [0.717, 1.165) is 18.7 Å². The second kappa shape index (κ2) is 8.47. The minimum atomic E-state index is -3.57. The maximum absolute atomic E-state index is 13.2. The molecule has 1 fully saturated rings. The number of benzene rings is 2. The molecule has 0 radical (unpaired) electrons. The smallest absolute Gasteiger partial charge is 0.191 e. The van der Waals surface area contributed by atoms with Gasteiger partial charge in [0.25, 0.3) is 0 Å². The first-order valence-corrected chi connectivity index (χ1v) is 10.4. The van der Waals surface area contributed by atoms with Crippen LogP contribution in [-0.4, -0.2) is 45.3 Å². The third-order valence-corrected chi connectivity index (χ3v) is 6.26. The Morgan fingerprint density at radius 1 is 1.07 bits per heavy atom. The summed E-state index contributed by atoms with van der Waals surface area (Å²) in [6.07, 6.45) is 1.63. The number of nitrogens with zero attached hydrogens (tertiary/aromatic N) is 1. The molecule has 1 unspecified atom stereocenters. The van der Waals surface area contributed by atoms with Gasteiger partial charge in [0.15, 0.2) is 9.84 Å². The van der Waals surface area contributed by atoms with Crippen molar-refractivity contribution in [3.8, 4) is 0 Å². The molecule has 1 aliphatic rings. The second-order valence-corrected chi connectivity index (χ2v) is 8.37. The average Bonchev–Trinajstić information content (AvgIpc) is 2.68. The molecule has 0 spiro atoms. The van der Waals surface area contributed by atoms with E-state index >= 15 is 0 Å². The van der Waals surface area contributed by atoms with E-state index < -0.39 is 15.2 Å². The summed E-state index contributed by atoms with van der Waals surface area (Å²) in [7, 11) is -3.57. The molecular formula is C20H24N4O2S. The van der Waals surface area contributed by atoms with Crippen LogP contribution in [0.3, 0.4) is 0 Å². The minimum absolute atomic E-state index is 0.0351. The third-order valence-electron chi connectivity index (χ3n) is 4.55. The summed E-state index contributed by atoms with van der Waals surface area (Å²) in [6.45, 7) is 2.80. The normalized spacial score (nSPS) is 17.0. The number of hydrogen-bond acceptors (Lipinski definition) is 5. The van der Waals surface area contributed by atoms with Gasteiger partial charge in [-0.2, -0.15) is 0 Å². The van der Waals surface area contributed by atoms with E-state index in [2.05, 4.69) is 5.32 Å². The van der Waals surface area contributed by atoms with E-state index in [4.69, 9.17) is 11.1 Å². The highest BCUT2D eigenvalue weighted by Crippen LogP contribution is 2.29. The van der Waals surface area contributed by atoms with Crippen molar-refractivity contribution in [1.29, 1.82) is 5.41 Å². The first-order chi connectivity index (χ1) is 13.0. The Hall–Kier alpha value is -2.48. The first-order valence-electron chi connectivity index (χ1n) is 8.83. The van der Waals surface area contributed by atoms with Gasteiger partial charge < -0.3 is 11.1 Å². The van der Waals surface area contributed by atoms with Crippen LogP contribution < -0.4 is 11.1 Å². The summed E-state index contributed by atoms with van der Waals surface area (Å²) in [6, 6.07) is 16.3. The van der Waals surface area contributed by atoms with E-state index in [-0.39, 0.29) is 5.84 Å². The zero-order valence-electron chi connectivity index (χ0n) is 15.0. The highest BCUT2D eigenvalue weighted by atomic mass is 32.2. The number of rotatable bonds is 6. The van der Waals surface area contributed by atoms with Gasteiger partial charge >= 0.3 is 0 Å². The summed E-state index contributed by atoms with van der Waals surface area (Å²) in [5, 5.41) is 11.3. The van der Waals surface area contributed by atoms with Crippen molar-refractivity contribution in [3.05, 3.63) is 76.7 Å². The fourth-order valence-corrected chi connectivity index (χ4v) is 4.82. The summed E-state index contributed by atoms with van der Waals surface area (Å²) in [5.74, 6) is -0.0351. The number of amidine groups is 1. The van der Waals surface area contributed by atoms with Gasteiger partial charge in [-0.05, 0) is 17.2 Å². The first kappa shape index (κ1) is 19.3. The second-order valence-electron chi connectivity index (χ2n) is 6.48. The lowest BCUT2D eigenvalue weighted by atomic mass is 10.1. The molecule has 1 atom stereocenters. The molecule has 6 nitrogen and oxygen atoms in total. The lowest BCUT2D eigenvalue weighted by molar-refractivity contribution is 0.220. The molecule has 0 amide bonds. The number of nitrogens with two attached hydrogens (primary N) is 1. The van der Waals surface area contributed by atoms with Gasteiger partial charge in [-0.15, -0.1) is 0 Å². The predicted octanol–water partition coefficient (Wildman–Crippen LogP) is 1.96. The summed E-state index contributed by atoms with van der Waals surface area (Å²) in [5.41, 5.74) is 7.61. The minimum Gasteiger partial charge on any atom is -0.384 e. The van der Waals surface area contributed by atoms with Crippen molar-refractivity contribution in [3.63, 3.8) is 0 Å². The van der Waals surface area contributed by atoms with Crippen LogP contribution in [0.1, 0.15) is 22.1 Å². The van der Waals surface area contributed by atoms with Crippen molar-refractivity contribution in [2.75, 3.05) is 26.2 Å². The van der Waals surface area contributed by atoms with Gasteiger partial charge in [0, 0.05) is 37.2 Å². The van der Waals surface area contributed by atoms with Gasteiger partial charge in [-0.25, -0.2) is 8.42 Å². The van der Waals surface area contributed by atoms with E-state index in [1.165, 1.54) is 5.41 Å². The Morgan fingerprint density at radius 3 is 2.30 bits per heavy atom. The largest absolute Gasteiger partial charge is 0.384 e. The number of hydrogen-bond donors (Lipinski definition) is 3. The molecule has 1 aliphatic heterocycles. The van der Waals surface area contributed by atoms with Gasteiger partial charge in [-0.1, -0.05) is 54.6 Å². The maximum Gasteiger partial charge on any atom is 0.191 e. The maximum atomic E-state index is 13.2. The van der Waals surface area contributed by atoms with Crippen molar-refractivity contribution in [2.45, 2.75) is 5.37 Å². The van der Waals surface area contributed by atoms with Crippen LogP contribution in [0.2, 0.25) is 0 Å². The van der Waals surface area contributed by atoms with Crippen LogP contribution in [0.5, 0.6) is 0 Å². The van der Waals surface area contributed by atoms with E-state index in [1.54, 1.807) is 30.3 Å². The quantitative estimate of drug-likeness (QED) is 0.522. The third kappa shape index (κ3) is 4.82. The fraction of sp³-hybridized carbons (Fsp3) is 0.250. The monoisotopic (exact) mass is 384 g/mol. The van der Waals surface area contributed by atoms with Crippen molar-refractivity contribution in [2.24, 2.45) is 5.73 Å². The number of sulfone groups is 1. The van der Waals surface area contributed by atoms with Crippen LogP contribution in [0.25, 0.3) is 6.08 Å². The van der Waals surface area contributed by atoms with Gasteiger partial charge in [0.05, 0.1) is 0 Å². The van der Waals surface area contributed by atoms with Gasteiger partial charge in [0.1, 0.15) is 11.2 Å². The average molecular weight is 385 g/mol. The highest BCUT2D eigenvalue weighted by molar-refractivity contribution is 7.94. The van der Waals surface area contributed by atoms with Crippen LogP contribution >= 0.6 is 0 Å². The van der Waals surface area contributed by atoms with Gasteiger partial charge in [0.2, 0.25) is 0 Å². The topological polar surface area (TPSA) is 99.3 Å². The zero-order valence-corrected chi connectivity index (χ0v) is 15.8. The molecule has 7 heteroatoms. The molecule has 142 valence electrons. The Labute approximate surface area is 160 Å². The SMILES string of the molecule is N=C(N)c1ccc(C(N2CCNCC2)S(=O)(=O)/C=C/c2ccccc2)cc1. The molecule has 4 N–H and O–H groups in total. The molecule has 3 rings (SSSR count). The van der Waals surface area contributed by atoms with E-state index in [9.17, 15) is 8.42 Å². The van der Waals surface area contributed by atoms with Crippen LogP contribution in [0.15, 0.2) is 60.0 Å². The molecular weight excluding hydrogens is 360 g/mol. The standard InChI is InChI=1S/C20H24N4O2S/c21-19(22)17-6-8-18(9-7-17)20(24-13-11-23-12-14-24)27(25,26)15-10-16-4-2-1-3-5-16/h1-10,15,20,23H,11-14H2,(H3,21,22)/b15-10+. The summed E-state index contributed by atoms with van der Waals surface area (Å²) >= 11 is 0. The Balaban J connectivity index is 1.95. The van der Waals surface area contributed by atoms with E-state index in [0.29, 0.717) is 24.2 Å². The van der Waals surface area contributed by atoms with Crippen LogP contribution in [0.4, 0.5) is 0 Å². The molecule has 2 aromatic carbocycles. The van der Waals surface area contributed by atoms with Crippen molar-refractivity contribution in [1.82, 2.24) is 10.2 Å². The molecule has 2 aromatic rings. The lowest BCUT2D eigenvalue weighted by Gasteiger charge is -2.34. The Morgan fingerprint density at radius 2 is 1.70 bits per heavy atom. The van der Waals surface area contributed by atoms with Crippen LogP contribution in [-0.2, 0) is 9.84 Å².